The summed E-state index contributed by atoms with van der Waals surface area (Å²) in [5, 5.41) is 6.77. The summed E-state index contributed by atoms with van der Waals surface area (Å²) in [6.07, 6.45) is 4.02. The fourth-order valence-electron chi connectivity index (χ4n) is 1.94. The number of nitrogens with zero attached hydrogens (tertiary/aromatic N) is 1. The van der Waals surface area contributed by atoms with Gasteiger partial charge >= 0.3 is 0 Å². The van der Waals surface area contributed by atoms with Gasteiger partial charge in [-0.1, -0.05) is 0 Å². The second-order valence-corrected chi connectivity index (χ2v) is 5.82. The van der Waals surface area contributed by atoms with Crippen LogP contribution in [-0.4, -0.2) is 35.0 Å². The zero-order valence-electron chi connectivity index (χ0n) is 10.6. The molecule has 0 bridgehead atoms. The quantitative estimate of drug-likeness (QED) is 0.872. The SMILES string of the molecule is Cc1ccnc(NC(=O)CSC2CCNCC2)c1. The molecule has 1 amide bonds. The highest BCUT2D eigenvalue weighted by Gasteiger charge is 2.15. The summed E-state index contributed by atoms with van der Waals surface area (Å²) >= 11 is 1.75. The number of hydrogen-bond acceptors (Lipinski definition) is 4. The minimum Gasteiger partial charge on any atom is -0.317 e. The van der Waals surface area contributed by atoms with Crippen LogP contribution in [0.3, 0.4) is 0 Å². The Hall–Kier alpha value is -1.07. The summed E-state index contributed by atoms with van der Waals surface area (Å²) in [6, 6.07) is 3.80. The Kier molecular flexibility index (Phi) is 5.01. The van der Waals surface area contributed by atoms with Crippen molar-refractivity contribution in [1.82, 2.24) is 10.3 Å². The predicted molar refractivity (Wildman–Crippen MR) is 76.0 cm³/mol. The van der Waals surface area contributed by atoms with E-state index >= 15 is 0 Å². The molecule has 18 heavy (non-hydrogen) atoms. The van der Waals surface area contributed by atoms with E-state index in [9.17, 15) is 4.79 Å². The van der Waals surface area contributed by atoms with E-state index in [0.29, 0.717) is 16.8 Å². The minimum atomic E-state index is 0.0385. The molecule has 2 rings (SSSR count). The van der Waals surface area contributed by atoms with Gasteiger partial charge in [-0.05, 0) is 50.6 Å². The Morgan fingerprint density at radius 3 is 3.06 bits per heavy atom. The molecule has 1 aromatic heterocycles. The fourth-order valence-corrected chi connectivity index (χ4v) is 2.97. The molecule has 1 aromatic rings. The van der Waals surface area contributed by atoms with Crippen LogP contribution in [-0.2, 0) is 4.79 Å². The Morgan fingerprint density at radius 2 is 2.33 bits per heavy atom. The fraction of sp³-hybridized carbons (Fsp3) is 0.538. The van der Waals surface area contributed by atoms with Gasteiger partial charge in [-0.15, -0.1) is 11.8 Å². The number of anilines is 1. The van der Waals surface area contributed by atoms with E-state index in [1.165, 1.54) is 0 Å². The summed E-state index contributed by atoms with van der Waals surface area (Å²) in [7, 11) is 0. The number of rotatable bonds is 4. The first-order valence-corrected chi connectivity index (χ1v) is 7.34. The highest BCUT2D eigenvalue weighted by Crippen LogP contribution is 2.20. The predicted octanol–water partition coefficient (Wildman–Crippen LogP) is 1.81. The number of nitrogens with one attached hydrogen (secondary N) is 2. The largest absolute Gasteiger partial charge is 0.317 e. The van der Waals surface area contributed by atoms with Crippen molar-refractivity contribution in [3.8, 4) is 0 Å². The summed E-state index contributed by atoms with van der Waals surface area (Å²) in [6.45, 7) is 4.12. The van der Waals surface area contributed by atoms with E-state index in [-0.39, 0.29) is 5.91 Å². The van der Waals surface area contributed by atoms with Crippen LogP contribution >= 0.6 is 11.8 Å². The zero-order chi connectivity index (χ0) is 12.8. The molecule has 98 valence electrons. The monoisotopic (exact) mass is 265 g/mol. The maximum absolute atomic E-state index is 11.8. The maximum atomic E-state index is 11.8. The van der Waals surface area contributed by atoms with Crippen LogP contribution in [0.15, 0.2) is 18.3 Å². The van der Waals surface area contributed by atoms with Crippen LogP contribution in [0.4, 0.5) is 5.82 Å². The molecule has 1 aliphatic heterocycles. The van der Waals surface area contributed by atoms with Gasteiger partial charge in [0, 0.05) is 11.4 Å². The van der Waals surface area contributed by atoms with E-state index in [0.717, 1.165) is 31.5 Å². The highest BCUT2D eigenvalue weighted by molar-refractivity contribution is 8.00. The maximum Gasteiger partial charge on any atom is 0.235 e. The molecule has 0 atom stereocenters. The normalized spacial score (nSPS) is 16.5. The molecule has 4 nitrogen and oxygen atoms in total. The van der Waals surface area contributed by atoms with E-state index < -0.39 is 0 Å². The van der Waals surface area contributed by atoms with Crippen LogP contribution in [0.2, 0.25) is 0 Å². The number of pyridine rings is 1. The van der Waals surface area contributed by atoms with Crippen molar-refractivity contribution in [1.29, 1.82) is 0 Å². The standard InChI is InChI=1S/C13H19N3OS/c1-10-2-7-15-12(8-10)16-13(17)9-18-11-3-5-14-6-4-11/h2,7-8,11,14H,3-6,9H2,1H3,(H,15,16,17). The van der Waals surface area contributed by atoms with Crippen LogP contribution in [0.5, 0.6) is 0 Å². The van der Waals surface area contributed by atoms with Crippen molar-refractivity contribution >= 4 is 23.5 Å². The average Bonchev–Trinajstić information content (AvgIpc) is 2.38. The van der Waals surface area contributed by atoms with Crippen LogP contribution in [0.1, 0.15) is 18.4 Å². The van der Waals surface area contributed by atoms with Gasteiger partial charge in [0.25, 0.3) is 0 Å². The van der Waals surface area contributed by atoms with Gasteiger partial charge < -0.3 is 10.6 Å². The number of aromatic nitrogens is 1. The second kappa shape index (κ2) is 6.75. The molecular weight excluding hydrogens is 246 g/mol. The number of piperidine rings is 1. The van der Waals surface area contributed by atoms with Gasteiger partial charge in [-0.2, -0.15) is 0 Å². The Bertz CT molecular complexity index is 405. The molecule has 2 N–H and O–H groups in total. The number of carbonyl (C=O) groups is 1. The number of amides is 1. The number of carbonyl (C=O) groups excluding carboxylic acids is 1. The minimum absolute atomic E-state index is 0.0385. The topological polar surface area (TPSA) is 54.0 Å². The molecule has 1 saturated heterocycles. The lowest BCUT2D eigenvalue weighted by molar-refractivity contribution is -0.113. The Balaban J connectivity index is 1.74. The van der Waals surface area contributed by atoms with Crippen LogP contribution in [0.25, 0.3) is 0 Å². The first kappa shape index (κ1) is 13.4. The van der Waals surface area contributed by atoms with Crippen LogP contribution < -0.4 is 10.6 Å². The van der Waals surface area contributed by atoms with Crippen molar-refractivity contribution < 1.29 is 4.79 Å². The van der Waals surface area contributed by atoms with E-state index in [1.807, 2.05) is 19.1 Å². The lowest BCUT2D eigenvalue weighted by Gasteiger charge is -2.21. The first-order valence-electron chi connectivity index (χ1n) is 6.29. The molecule has 0 aliphatic carbocycles. The van der Waals surface area contributed by atoms with Crippen molar-refractivity contribution in [2.45, 2.75) is 25.0 Å². The molecule has 1 aliphatic rings. The molecule has 0 unspecified atom stereocenters. The molecule has 0 radical (unpaired) electrons. The van der Waals surface area contributed by atoms with E-state index in [1.54, 1.807) is 18.0 Å². The number of hydrogen-bond donors (Lipinski definition) is 2. The number of thioether (sulfide) groups is 1. The third kappa shape index (κ3) is 4.31. The van der Waals surface area contributed by atoms with Gasteiger partial charge in [0.1, 0.15) is 5.82 Å². The highest BCUT2D eigenvalue weighted by atomic mass is 32.2. The molecule has 5 heteroatoms. The molecule has 1 fully saturated rings. The van der Waals surface area contributed by atoms with Gasteiger partial charge in [0.15, 0.2) is 0 Å². The van der Waals surface area contributed by atoms with Crippen molar-refractivity contribution in [3.05, 3.63) is 23.9 Å². The van der Waals surface area contributed by atoms with Gasteiger partial charge in [-0.25, -0.2) is 4.98 Å². The summed E-state index contributed by atoms with van der Waals surface area (Å²) < 4.78 is 0. The Morgan fingerprint density at radius 1 is 1.56 bits per heavy atom. The van der Waals surface area contributed by atoms with E-state index in [4.69, 9.17) is 0 Å². The van der Waals surface area contributed by atoms with Crippen molar-refractivity contribution in [2.24, 2.45) is 0 Å². The molecule has 0 spiro atoms. The van der Waals surface area contributed by atoms with Crippen LogP contribution in [0, 0.1) is 6.92 Å². The molecule has 2 heterocycles. The summed E-state index contributed by atoms with van der Waals surface area (Å²) in [5.74, 6) is 1.20. The third-order valence-electron chi connectivity index (χ3n) is 2.92. The first-order chi connectivity index (χ1) is 8.74. The zero-order valence-corrected chi connectivity index (χ0v) is 11.4. The molecule has 0 saturated carbocycles. The van der Waals surface area contributed by atoms with E-state index in [2.05, 4.69) is 15.6 Å². The lowest BCUT2D eigenvalue weighted by atomic mass is 10.2. The van der Waals surface area contributed by atoms with Crippen molar-refractivity contribution in [3.63, 3.8) is 0 Å². The second-order valence-electron chi connectivity index (χ2n) is 4.53. The summed E-state index contributed by atoms with van der Waals surface area (Å²) in [4.78, 5) is 15.9. The van der Waals surface area contributed by atoms with Gasteiger partial charge in [-0.3, -0.25) is 4.79 Å². The Labute approximate surface area is 112 Å². The smallest absolute Gasteiger partial charge is 0.235 e. The molecular formula is C13H19N3OS. The third-order valence-corrected chi connectivity index (χ3v) is 4.29. The lowest BCUT2D eigenvalue weighted by Crippen LogP contribution is -2.30. The van der Waals surface area contributed by atoms with Gasteiger partial charge in [0.05, 0.1) is 5.75 Å². The van der Waals surface area contributed by atoms with Gasteiger partial charge in [0.2, 0.25) is 5.91 Å². The van der Waals surface area contributed by atoms with Crippen molar-refractivity contribution in [2.75, 3.05) is 24.2 Å². The summed E-state index contributed by atoms with van der Waals surface area (Å²) in [5.41, 5.74) is 1.10. The average molecular weight is 265 g/mol. The molecule has 0 aromatic carbocycles. The number of aryl methyl sites for hydroxylation is 1.